The molecular formula is C128H180O12S4Zr. The van der Waals surface area contributed by atoms with Gasteiger partial charge in [-0.15, -0.1) is 0 Å². The van der Waals surface area contributed by atoms with Gasteiger partial charge in [0.1, 0.15) is 40.5 Å². The van der Waals surface area contributed by atoms with E-state index in [1.165, 1.54) is 360 Å². The largest absolute Gasteiger partial charge is 4.00 e. The first-order chi connectivity index (χ1) is 70.0. The summed E-state index contributed by atoms with van der Waals surface area (Å²) in [5.74, 6) is 0. The summed E-state index contributed by atoms with van der Waals surface area (Å²) in [6.07, 6.45) is 86.2. The molecule has 0 aliphatic heterocycles. The summed E-state index contributed by atoms with van der Waals surface area (Å²) in [7, 11) is -18.2. The second kappa shape index (κ2) is 71.1. The first-order valence-corrected chi connectivity index (χ1v) is 63.3. The Bertz CT molecular complexity index is 5420. The molecule has 0 heterocycles. The molecule has 0 saturated heterocycles. The Hall–Kier alpha value is -6.76. The summed E-state index contributed by atoms with van der Waals surface area (Å²) < 4.78 is 147. The summed E-state index contributed by atoms with van der Waals surface area (Å²) in [5, 5.41) is 13.4. The molecule has 0 fully saturated rings. The number of hydrogen-bond acceptors (Lipinski definition) is 12. The zero-order valence-corrected chi connectivity index (χ0v) is 95.3. The number of hydrogen-bond donors (Lipinski definition) is 0. The molecule has 12 aromatic rings. The SMILES string of the molecule is CCCCCCCCCCCCCCCCCCc1ccc2cc3ccccc3cc2c1S(=O)(=O)[O-].CCCCCCCCCCCCCCCCCCc1ccc2cc3ccccc3cc2c1S(=O)(=O)[O-].CCCCCCCCCCCCCCCCCCc1ccc2cc3ccccc3cc2c1S(=O)(=O)[O-].CCCCCCCCCCCCCCCCCCc1ccc2cc3ccccc3cc2c1S(=O)(=O)[O-].[Zr+4]. The predicted molar refractivity (Wildman–Crippen MR) is 611 cm³/mol. The van der Waals surface area contributed by atoms with E-state index in [4.69, 9.17) is 0 Å². The number of rotatable bonds is 72. The van der Waals surface area contributed by atoms with Crippen LogP contribution in [0.4, 0.5) is 0 Å². The third kappa shape index (κ3) is 46.1. The van der Waals surface area contributed by atoms with E-state index in [0.29, 0.717) is 69.5 Å². The summed E-state index contributed by atoms with van der Waals surface area (Å²) in [6, 6.07) is 61.9. The van der Waals surface area contributed by atoms with Gasteiger partial charge in [-0.05, 0) is 187 Å². The topological polar surface area (TPSA) is 229 Å². The van der Waals surface area contributed by atoms with E-state index in [1.54, 1.807) is 0 Å². The molecule has 0 aromatic heterocycles. The second-order valence-corrected chi connectivity index (χ2v) is 47.2. The van der Waals surface area contributed by atoms with Crippen LogP contribution in [0.3, 0.4) is 0 Å². The minimum Gasteiger partial charge on any atom is -0.744 e. The molecule has 0 aliphatic carbocycles. The fourth-order valence-electron chi connectivity index (χ4n) is 21.5. The average Bonchev–Trinajstić information content (AvgIpc) is 0.775. The van der Waals surface area contributed by atoms with Crippen LogP contribution in [-0.4, -0.2) is 51.9 Å². The fraction of sp³-hybridized carbons (Fsp3) is 0.562. The van der Waals surface area contributed by atoms with Gasteiger partial charge in [0.2, 0.25) is 0 Å². The van der Waals surface area contributed by atoms with Gasteiger partial charge in [0.05, 0.1) is 19.6 Å². The third-order valence-corrected chi connectivity index (χ3v) is 33.8. The van der Waals surface area contributed by atoms with E-state index >= 15 is 0 Å². The van der Waals surface area contributed by atoms with Crippen molar-refractivity contribution in [2.45, 2.75) is 484 Å². The quantitative estimate of drug-likeness (QED) is 0.0197. The number of benzene rings is 12. The van der Waals surface area contributed by atoms with Crippen molar-refractivity contribution in [1.82, 2.24) is 0 Å². The Morgan fingerprint density at radius 1 is 0.152 bits per heavy atom. The normalized spacial score (nSPS) is 12.0. The van der Waals surface area contributed by atoms with Gasteiger partial charge < -0.3 is 18.2 Å². The molecule has 0 aliphatic rings. The van der Waals surface area contributed by atoms with Crippen LogP contribution >= 0.6 is 0 Å². The molecule has 0 N–H and O–H groups in total. The van der Waals surface area contributed by atoms with Crippen LogP contribution < -0.4 is 0 Å². The maximum atomic E-state index is 12.2. The second-order valence-electron chi connectivity index (χ2n) is 41.9. The van der Waals surface area contributed by atoms with Crippen LogP contribution in [0.25, 0.3) is 86.2 Å². The number of aryl methyl sites for hydroxylation is 4. The van der Waals surface area contributed by atoms with Crippen molar-refractivity contribution in [2.24, 2.45) is 0 Å². The van der Waals surface area contributed by atoms with E-state index in [2.05, 4.69) is 27.7 Å². The van der Waals surface area contributed by atoms with Crippen LogP contribution in [-0.2, 0) is 92.4 Å². The Morgan fingerprint density at radius 3 is 0.393 bits per heavy atom. The molecule has 0 amide bonds. The first-order valence-electron chi connectivity index (χ1n) is 57.6. The van der Waals surface area contributed by atoms with Crippen molar-refractivity contribution < 1.29 is 78.1 Å². The summed E-state index contributed by atoms with van der Waals surface area (Å²) >= 11 is 0. The van der Waals surface area contributed by atoms with Gasteiger partial charge in [-0.3, -0.25) is 0 Å². The Kier molecular flexibility index (Phi) is 60.6. The van der Waals surface area contributed by atoms with Crippen LogP contribution in [0.5, 0.6) is 0 Å². The molecule has 792 valence electrons. The molecule has 0 radical (unpaired) electrons. The maximum absolute atomic E-state index is 12.2. The summed E-state index contributed by atoms with van der Waals surface area (Å²) in [6.45, 7) is 9.09. The van der Waals surface area contributed by atoms with E-state index in [9.17, 15) is 51.9 Å². The van der Waals surface area contributed by atoms with Crippen molar-refractivity contribution >= 4 is 127 Å². The Morgan fingerprint density at radius 2 is 0.269 bits per heavy atom. The maximum Gasteiger partial charge on any atom is 4.00 e. The van der Waals surface area contributed by atoms with Gasteiger partial charge in [0.15, 0.2) is 0 Å². The van der Waals surface area contributed by atoms with Crippen LogP contribution in [0.2, 0.25) is 0 Å². The standard InChI is InChI=1S/4C32H46O3S.Zr/c4*1-2-3-4-5-6-7-8-9-10-11-12-13-14-15-16-17-20-27-23-24-30-25-28-21-18-19-22-29(28)26-31(30)32(27)36(33,34)35;/h4*18-19,21-26H,2-17,20H2,1H3,(H,33,34,35);/q;;;;+4/p-4. The van der Waals surface area contributed by atoms with Gasteiger partial charge in [-0.2, -0.15) is 0 Å². The van der Waals surface area contributed by atoms with Gasteiger partial charge in [0.25, 0.3) is 0 Å². The molecule has 0 spiro atoms. The molecular weight excluding hydrogens is 1950 g/mol. The first kappa shape index (κ1) is 123. The van der Waals surface area contributed by atoms with Crippen molar-refractivity contribution in [3.05, 3.63) is 216 Å². The van der Waals surface area contributed by atoms with Gasteiger partial charge >= 0.3 is 26.2 Å². The zero-order chi connectivity index (χ0) is 103. The van der Waals surface area contributed by atoms with E-state index in [1.807, 2.05) is 194 Å². The molecule has 12 rings (SSSR count). The van der Waals surface area contributed by atoms with Crippen LogP contribution in [0, 0.1) is 0 Å². The average molecular weight is 2130 g/mol. The minimum absolute atomic E-state index is 0. The molecule has 12 aromatic carbocycles. The zero-order valence-electron chi connectivity index (χ0n) is 89.6. The molecule has 17 heteroatoms. The van der Waals surface area contributed by atoms with Crippen LogP contribution in [0.1, 0.15) is 461 Å². The van der Waals surface area contributed by atoms with E-state index in [0.717, 1.165) is 116 Å². The fourth-order valence-corrected chi connectivity index (χ4v) is 25.3. The number of unbranched alkanes of at least 4 members (excludes halogenated alkanes) is 60. The monoisotopic (exact) mass is 2130 g/mol. The Labute approximate surface area is 897 Å². The van der Waals surface area contributed by atoms with E-state index < -0.39 is 40.5 Å². The number of fused-ring (bicyclic) bond motifs is 8. The molecule has 0 saturated carbocycles. The molecule has 12 nitrogen and oxygen atoms in total. The van der Waals surface area contributed by atoms with Gasteiger partial charge in [-0.25, -0.2) is 33.7 Å². The molecule has 0 bridgehead atoms. The van der Waals surface area contributed by atoms with E-state index in [-0.39, 0.29) is 45.8 Å². The third-order valence-electron chi connectivity index (χ3n) is 29.9. The predicted octanol–water partition coefficient (Wildman–Crippen LogP) is 38.8. The minimum atomic E-state index is -4.55. The van der Waals surface area contributed by atoms with Gasteiger partial charge in [0, 0.05) is 21.5 Å². The van der Waals surface area contributed by atoms with Crippen LogP contribution in [0.15, 0.2) is 214 Å². The summed E-state index contributed by atoms with van der Waals surface area (Å²) in [5.41, 5.74) is 2.66. The van der Waals surface area contributed by atoms with Crippen molar-refractivity contribution in [3.63, 3.8) is 0 Å². The molecule has 0 atom stereocenters. The van der Waals surface area contributed by atoms with Crippen molar-refractivity contribution in [3.8, 4) is 0 Å². The van der Waals surface area contributed by atoms with Crippen molar-refractivity contribution in [1.29, 1.82) is 0 Å². The molecule has 0 unspecified atom stereocenters. The Balaban J connectivity index is 0.000000236. The summed E-state index contributed by atoms with van der Waals surface area (Å²) in [4.78, 5) is -0.0863. The molecule has 145 heavy (non-hydrogen) atoms. The van der Waals surface area contributed by atoms with Crippen molar-refractivity contribution in [2.75, 3.05) is 0 Å². The smallest absolute Gasteiger partial charge is 0.744 e. The van der Waals surface area contributed by atoms with Gasteiger partial charge in [-0.1, -0.05) is 559 Å².